The van der Waals surface area contributed by atoms with Gasteiger partial charge in [0.25, 0.3) is 0 Å². The minimum Gasteiger partial charge on any atom is -0.496 e. The zero-order valence-electron chi connectivity index (χ0n) is 17.3. The summed E-state index contributed by atoms with van der Waals surface area (Å²) in [5.74, 6) is 1.16. The van der Waals surface area contributed by atoms with Crippen molar-refractivity contribution in [3.63, 3.8) is 0 Å². The van der Waals surface area contributed by atoms with Gasteiger partial charge in [0.05, 0.1) is 12.1 Å². The molecule has 4 aromatic carbocycles. The van der Waals surface area contributed by atoms with Gasteiger partial charge in [-0.05, 0) is 58.8 Å². The summed E-state index contributed by atoms with van der Waals surface area (Å²) in [5.41, 5.74) is 2.34. The minimum atomic E-state index is -0.0580. The summed E-state index contributed by atoms with van der Waals surface area (Å²) in [5, 5.41) is 3.13. The van der Waals surface area contributed by atoms with E-state index < -0.39 is 0 Å². The van der Waals surface area contributed by atoms with Crippen LogP contribution in [-0.2, 0) is 6.61 Å². The van der Waals surface area contributed by atoms with Gasteiger partial charge in [0.2, 0.25) is 0 Å². The number of ketones is 1. The Kier molecular flexibility index (Phi) is 6.79. The molecule has 0 fully saturated rings. The number of fused-ring (bicyclic) bond motifs is 1. The second-order valence-corrected chi connectivity index (χ2v) is 8.04. The van der Waals surface area contributed by atoms with E-state index in [-0.39, 0.29) is 12.4 Å². The van der Waals surface area contributed by atoms with E-state index in [4.69, 9.17) is 32.7 Å². The number of carbonyl (C=O) groups excluding carboxylic acids is 1. The Balaban J connectivity index is 1.51. The van der Waals surface area contributed by atoms with Crippen LogP contribution in [0.1, 0.15) is 21.5 Å². The molecule has 0 atom stereocenters. The van der Waals surface area contributed by atoms with Crippen LogP contribution in [0.15, 0.2) is 84.9 Å². The molecular formula is C27H20Cl2O3. The van der Waals surface area contributed by atoms with Crippen molar-refractivity contribution in [3.05, 3.63) is 112 Å². The highest BCUT2D eigenvalue weighted by atomic mass is 35.5. The fourth-order valence-electron chi connectivity index (χ4n) is 3.37. The first-order valence-corrected chi connectivity index (χ1v) is 10.7. The molecule has 3 nitrogen and oxygen atoms in total. The quantitative estimate of drug-likeness (QED) is 0.209. The number of carbonyl (C=O) groups is 1. The van der Waals surface area contributed by atoms with Crippen molar-refractivity contribution in [1.29, 1.82) is 0 Å². The zero-order chi connectivity index (χ0) is 22.5. The van der Waals surface area contributed by atoms with E-state index in [0.29, 0.717) is 27.1 Å². The first-order chi connectivity index (χ1) is 15.5. The highest BCUT2D eigenvalue weighted by Crippen LogP contribution is 2.29. The van der Waals surface area contributed by atoms with Crippen LogP contribution in [0.4, 0.5) is 0 Å². The molecule has 0 unspecified atom stereocenters. The highest BCUT2D eigenvalue weighted by Gasteiger charge is 2.08. The first kappa shape index (κ1) is 21.9. The molecule has 0 aliphatic heterocycles. The van der Waals surface area contributed by atoms with Crippen LogP contribution in [0, 0.1) is 0 Å². The summed E-state index contributed by atoms with van der Waals surface area (Å²) in [6.07, 6.45) is 3.36. The molecule has 0 bridgehead atoms. The smallest absolute Gasteiger partial charge is 0.185 e. The summed E-state index contributed by atoms with van der Waals surface area (Å²) in [7, 11) is 1.60. The fraction of sp³-hybridized carbons (Fsp3) is 0.0741. The number of hydrogen-bond acceptors (Lipinski definition) is 3. The molecule has 0 radical (unpaired) electrons. The van der Waals surface area contributed by atoms with E-state index >= 15 is 0 Å². The highest BCUT2D eigenvalue weighted by molar-refractivity contribution is 6.35. The summed E-state index contributed by atoms with van der Waals surface area (Å²) < 4.78 is 11.3. The summed E-state index contributed by atoms with van der Waals surface area (Å²) in [6, 6.07) is 24.4. The molecule has 0 aliphatic carbocycles. The maximum Gasteiger partial charge on any atom is 0.185 e. The Bertz CT molecular complexity index is 1310. The molecule has 5 heteroatoms. The third-order valence-corrected chi connectivity index (χ3v) is 5.57. The van der Waals surface area contributed by atoms with E-state index in [1.54, 1.807) is 37.5 Å². The number of hydrogen-bond donors (Lipinski definition) is 0. The van der Waals surface area contributed by atoms with Gasteiger partial charge in [0.1, 0.15) is 18.1 Å². The number of methoxy groups -OCH3 is 1. The van der Waals surface area contributed by atoms with Crippen LogP contribution >= 0.6 is 23.2 Å². The van der Waals surface area contributed by atoms with Crippen molar-refractivity contribution in [3.8, 4) is 11.5 Å². The number of benzene rings is 4. The topological polar surface area (TPSA) is 35.5 Å². The van der Waals surface area contributed by atoms with Gasteiger partial charge < -0.3 is 9.47 Å². The van der Waals surface area contributed by atoms with Crippen molar-refractivity contribution in [2.24, 2.45) is 0 Å². The molecule has 4 aromatic rings. The molecule has 0 heterocycles. The number of rotatable bonds is 7. The number of ether oxygens (including phenoxy) is 2. The third kappa shape index (κ3) is 5.13. The monoisotopic (exact) mass is 462 g/mol. The van der Waals surface area contributed by atoms with Crippen LogP contribution in [0.25, 0.3) is 16.8 Å². The van der Waals surface area contributed by atoms with Crippen molar-refractivity contribution >= 4 is 45.8 Å². The lowest BCUT2D eigenvalue weighted by Crippen LogP contribution is -2.00. The molecule has 32 heavy (non-hydrogen) atoms. The SMILES string of the molecule is COc1ccc(/C=C/C(=O)c2ccc3ccccc3c2)cc1COc1ccc(Cl)cc1Cl. The fourth-order valence-corrected chi connectivity index (χ4v) is 3.84. The predicted octanol–water partition coefficient (Wildman–Crippen LogP) is 7.63. The maximum atomic E-state index is 12.7. The van der Waals surface area contributed by atoms with Gasteiger partial charge in [-0.15, -0.1) is 0 Å². The molecule has 0 amide bonds. The van der Waals surface area contributed by atoms with E-state index in [0.717, 1.165) is 21.9 Å². The largest absolute Gasteiger partial charge is 0.496 e. The average Bonchev–Trinajstić information content (AvgIpc) is 2.81. The van der Waals surface area contributed by atoms with Crippen LogP contribution in [0.3, 0.4) is 0 Å². The Hall–Kier alpha value is -3.27. The number of halogens is 2. The van der Waals surface area contributed by atoms with Gasteiger partial charge >= 0.3 is 0 Å². The van der Waals surface area contributed by atoms with Gasteiger partial charge in [-0.3, -0.25) is 4.79 Å². The number of allylic oxidation sites excluding steroid dienone is 1. The molecule has 0 saturated carbocycles. The Morgan fingerprint density at radius 3 is 2.44 bits per heavy atom. The second-order valence-electron chi connectivity index (χ2n) is 7.19. The van der Waals surface area contributed by atoms with Crippen molar-refractivity contribution in [2.75, 3.05) is 7.11 Å². The molecule has 0 spiro atoms. The van der Waals surface area contributed by atoms with Gasteiger partial charge in [0.15, 0.2) is 5.78 Å². The first-order valence-electron chi connectivity index (χ1n) is 9.99. The van der Waals surface area contributed by atoms with Crippen LogP contribution < -0.4 is 9.47 Å². The van der Waals surface area contributed by atoms with Crippen LogP contribution in [-0.4, -0.2) is 12.9 Å². The average molecular weight is 463 g/mol. The Morgan fingerprint density at radius 1 is 0.875 bits per heavy atom. The van der Waals surface area contributed by atoms with Gasteiger partial charge in [-0.25, -0.2) is 0 Å². The van der Waals surface area contributed by atoms with Crippen molar-refractivity contribution in [2.45, 2.75) is 6.61 Å². The van der Waals surface area contributed by atoms with E-state index in [1.807, 2.05) is 60.7 Å². The molecule has 0 saturated heterocycles. The lowest BCUT2D eigenvalue weighted by molar-refractivity contribution is 0.104. The molecule has 0 N–H and O–H groups in total. The summed E-state index contributed by atoms with van der Waals surface area (Å²) in [4.78, 5) is 12.7. The normalized spacial score (nSPS) is 11.1. The van der Waals surface area contributed by atoms with Crippen LogP contribution in [0.5, 0.6) is 11.5 Å². The Labute approximate surface area is 196 Å². The van der Waals surface area contributed by atoms with E-state index in [9.17, 15) is 4.79 Å². The van der Waals surface area contributed by atoms with Crippen molar-refractivity contribution in [1.82, 2.24) is 0 Å². The van der Waals surface area contributed by atoms with E-state index in [1.165, 1.54) is 0 Å². The summed E-state index contributed by atoms with van der Waals surface area (Å²) >= 11 is 12.1. The van der Waals surface area contributed by atoms with Crippen LogP contribution in [0.2, 0.25) is 10.0 Å². The molecule has 0 aromatic heterocycles. The second kappa shape index (κ2) is 9.90. The Morgan fingerprint density at radius 2 is 1.66 bits per heavy atom. The third-order valence-electron chi connectivity index (χ3n) is 5.04. The molecular weight excluding hydrogens is 443 g/mol. The lowest BCUT2D eigenvalue weighted by Gasteiger charge is -2.12. The van der Waals surface area contributed by atoms with E-state index in [2.05, 4.69) is 0 Å². The molecule has 4 rings (SSSR count). The minimum absolute atomic E-state index is 0.0580. The molecule has 0 aliphatic rings. The summed E-state index contributed by atoms with van der Waals surface area (Å²) in [6.45, 7) is 0.255. The van der Waals surface area contributed by atoms with Gasteiger partial charge in [-0.1, -0.05) is 71.7 Å². The lowest BCUT2D eigenvalue weighted by atomic mass is 10.0. The van der Waals surface area contributed by atoms with Gasteiger partial charge in [-0.2, -0.15) is 0 Å². The standard InChI is InChI=1S/C27H20Cl2O3/c1-31-26-12-7-18(14-22(26)17-32-27-13-10-23(28)16-24(27)29)6-11-25(30)21-9-8-19-4-2-3-5-20(19)15-21/h2-16H,17H2,1H3/b11-6+. The maximum absolute atomic E-state index is 12.7. The molecule has 160 valence electrons. The predicted molar refractivity (Wildman–Crippen MR) is 131 cm³/mol. The van der Waals surface area contributed by atoms with Gasteiger partial charge in [0, 0.05) is 16.1 Å². The van der Waals surface area contributed by atoms with Crippen molar-refractivity contribution < 1.29 is 14.3 Å². The zero-order valence-corrected chi connectivity index (χ0v) is 18.9.